The fourth-order valence-corrected chi connectivity index (χ4v) is 2.49. The van der Waals surface area contributed by atoms with E-state index in [-0.39, 0.29) is 0 Å². The van der Waals surface area contributed by atoms with Crippen molar-refractivity contribution in [3.8, 4) is 0 Å². The first-order valence-corrected chi connectivity index (χ1v) is 6.42. The van der Waals surface area contributed by atoms with Gasteiger partial charge in [0.1, 0.15) is 12.1 Å². The molecule has 1 heterocycles. The molecule has 3 nitrogen and oxygen atoms in total. The molecule has 0 bridgehead atoms. The Balaban J connectivity index is 1.90. The summed E-state index contributed by atoms with van der Waals surface area (Å²) >= 11 is 1.74. The topological polar surface area (TPSA) is 34.9 Å². The van der Waals surface area contributed by atoms with Crippen molar-refractivity contribution in [2.24, 2.45) is 7.05 Å². The van der Waals surface area contributed by atoms with Crippen LogP contribution in [0.4, 0.5) is 0 Å². The molecule has 2 aromatic rings. The SMILES string of the molecule is Cn1ccnc1CCSc1cccc(C=O)c1. The Kier molecular flexibility index (Phi) is 3.98. The third-order valence-electron chi connectivity index (χ3n) is 2.51. The molecule has 0 aliphatic carbocycles. The van der Waals surface area contributed by atoms with Crippen molar-refractivity contribution in [2.75, 3.05) is 5.75 Å². The van der Waals surface area contributed by atoms with Gasteiger partial charge in [0.15, 0.2) is 0 Å². The van der Waals surface area contributed by atoms with Gasteiger partial charge in [-0.05, 0) is 12.1 Å². The van der Waals surface area contributed by atoms with Gasteiger partial charge in [0.05, 0.1) is 0 Å². The summed E-state index contributed by atoms with van der Waals surface area (Å²) in [4.78, 5) is 16.0. The molecule has 0 fully saturated rings. The molecule has 0 atom stereocenters. The van der Waals surface area contributed by atoms with E-state index >= 15 is 0 Å². The molecule has 17 heavy (non-hydrogen) atoms. The number of benzene rings is 1. The predicted molar refractivity (Wildman–Crippen MR) is 69.5 cm³/mol. The number of hydrogen-bond acceptors (Lipinski definition) is 3. The van der Waals surface area contributed by atoms with E-state index in [9.17, 15) is 4.79 Å². The fourth-order valence-electron chi connectivity index (χ4n) is 1.58. The van der Waals surface area contributed by atoms with Gasteiger partial charge in [0.2, 0.25) is 0 Å². The van der Waals surface area contributed by atoms with Crippen LogP contribution in [0, 0.1) is 0 Å². The summed E-state index contributed by atoms with van der Waals surface area (Å²) in [5, 5.41) is 0. The highest BCUT2D eigenvalue weighted by Gasteiger charge is 2.00. The second-order valence-electron chi connectivity index (χ2n) is 3.74. The molecule has 0 spiro atoms. The molecule has 0 aliphatic heterocycles. The maximum absolute atomic E-state index is 10.6. The highest BCUT2D eigenvalue weighted by Crippen LogP contribution is 2.19. The molecule has 0 amide bonds. The molecular weight excluding hydrogens is 232 g/mol. The Morgan fingerprint density at radius 1 is 1.47 bits per heavy atom. The van der Waals surface area contributed by atoms with Gasteiger partial charge < -0.3 is 4.57 Å². The van der Waals surface area contributed by atoms with Crippen molar-refractivity contribution in [3.63, 3.8) is 0 Å². The van der Waals surface area contributed by atoms with Crippen LogP contribution in [0.1, 0.15) is 16.2 Å². The summed E-state index contributed by atoms with van der Waals surface area (Å²) in [5.41, 5.74) is 0.729. The van der Waals surface area contributed by atoms with E-state index in [1.54, 1.807) is 11.8 Å². The predicted octanol–water partition coefficient (Wildman–Crippen LogP) is 2.57. The lowest BCUT2D eigenvalue weighted by atomic mass is 10.2. The second-order valence-corrected chi connectivity index (χ2v) is 4.91. The van der Waals surface area contributed by atoms with Crippen LogP contribution in [0.15, 0.2) is 41.6 Å². The van der Waals surface area contributed by atoms with Gasteiger partial charge in [-0.15, -0.1) is 11.8 Å². The van der Waals surface area contributed by atoms with Gasteiger partial charge >= 0.3 is 0 Å². The first kappa shape index (κ1) is 11.9. The van der Waals surface area contributed by atoms with E-state index in [2.05, 4.69) is 4.98 Å². The van der Waals surface area contributed by atoms with E-state index in [1.165, 1.54) is 0 Å². The molecule has 0 unspecified atom stereocenters. The Bertz CT molecular complexity index is 508. The third-order valence-corrected chi connectivity index (χ3v) is 3.51. The van der Waals surface area contributed by atoms with Gasteiger partial charge in [-0.3, -0.25) is 4.79 Å². The smallest absolute Gasteiger partial charge is 0.150 e. The van der Waals surface area contributed by atoms with Gasteiger partial charge in [-0.1, -0.05) is 12.1 Å². The van der Waals surface area contributed by atoms with E-state index in [1.807, 2.05) is 48.3 Å². The van der Waals surface area contributed by atoms with Crippen LogP contribution >= 0.6 is 11.8 Å². The van der Waals surface area contributed by atoms with Crippen molar-refractivity contribution >= 4 is 18.0 Å². The number of hydrogen-bond donors (Lipinski definition) is 0. The number of aryl methyl sites for hydroxylation is 2. The van der Waals surface area contributed by atoms with Crippen LogP contribution in [0.3, 0.4) is 0 Å². The van der Waals surface area contributed by atoms with Gasteiger partial charge in [0, 0.05) is 42.1 Å². The monoisotopic (exact) mass is 246 g/mol. The van der Waals surface area contributed by atoms with Crippen molar-refractivity contribution in [1.29, 1.82) is 0 Å². The summed E-state index contributed by atoms with van der Waals surface area (Å²) in [6.45, 7) is 0. The molecule has 0 aliphatic rings. The van der Waals surface area contributed by atoms with Crippen LogP contribution in [0.25, 0.3) is 0 Å². The molecule has 0 radical (unpaired) electrons. The Hall–Kier alpha value is -1.55. The van der Waals surface area contributed by atoms with Gasteiger partial charge in [-0.25, -0.2) is 4.98 Å². The lowest BCUT2D eigenvalue weighted by Crippen LogP contribution is -1.98. The molecule has 4 heteroatoms. The van der Waals surface area contributed by atoms with Crippen molar-refractivity contribution < 1.29 is 4.79 Å². The number of thioether (sulfide) groups is 1. The highest BCUT2D eigenvalue weighted by atomic mass is 32.2. The summed E-state index contributed by atoms with van der Waals surface area (Å²) in [7, 11) is 2.00. The molecule has 0 saturated carbocycles. The Morgan fingerprint density at radius 2 is 2.35 bits per heavy atom. The standard InChI is InChI=1S/C13H14N2OS/c1-15-7-6-14-13(15)5-8-17-12-4-2-3-11(9-12)10-16/h2-4,6-7,9-10H,5,8H2,1H3. The minimum Gasteiger partial charge on any atom is -0.338 e. The van der Waals surface area contributed by atoms with E-state index in [0.717, 1.165) is 34.7 Å². The van der Waals surface area contributed by atoms with Gasteiger partial charge in [0.25, 0.3) is 0 Å². The molecule has 0 N–H and O–H groups in total. The molecular formula is C13H14N2OS. The normalized spacial score (nSPS) is 10.4. The number of rotatable bonds is 5. The molecule has 88 valence electrons. The molecule has 1 aromatic carbocycles. The van der Waals surface area contributed by atoms with Crippen LogP contribution in [-0.4, -0.2) is 21.6 Å². The summed E-state index contributed by atoms with van der Waals surface area (Å²) < 4.78 is 2.03. The first-order valence-electron chi connectivity index (χ1n) is 5.44. The van der Waals surface area contributed by atoms with Crippen LogP contribution < -0.4 is 0 Å². The van der Waals surface area contributed by atoms with Crippen molar-refractivity contribution in [3.05, 3.63) is 48.0 Å². The highest BCUT2D eigenvalue weighted by molar-refractivity contribution is 7.99. The molecule has 0 saturated heterocycles. The zero-order valence-corrected chi connectivity index (χ0v) is 10.5. The lowest BCUT2D eigenvalue weighted by Gasteiger charge is -2.03. The first-order chi connectivity index (χ1) is 8.29. The average molecular weight is 246 g/mol. The summed E-state index contributed by atoms with van der Waals surface area (Å²) in [5.74, 6) is 2.05. The number of imidazole rings is 1. The maximum atomic E-state index is 10.6. The third kappa shape index (κ3) is 3.20. The van der Waals surface area contributed by atoms with E-state index in [4.69, 9.17) is 0 Å². The largest absolute Gasteiger partial charge is 0.338 e. The molecule has 1 aromatic heterocycles. The van der Waals surface area contributed by atoms with Crippen LogP contribution in [0.5, 0.6) is 0 Å². The second kappa shape index (κ2) is 5.68. The zero-order chi connectivity index (χ0) is 12.1. The Labute approximate surface area is 105 Å². The zero-order valence-electron chi connectivity index (χ0n) is 9.67. The van der Waals surface area contributed by atoms with E-state index in [0.29, 0.717) is 0 Å². The Morgan fingerprint density at radius 3 is 3.06 bits per heavy atom. The number of nitrogens with zero attached hydrogens (tertiary/aromatic N) is 2. The van der Waals surface area contributed by atoms with Gasteiger partial charge in [-0.2, -0.15) is 0 Å². The molecule has 2 rings (SSSR count). The number of aromatic nitrogens is 2. The fraction of sp³-hybridized carbons (Fsp3) is 0.231. The number of aldehydes is 1. The quantitative estimate of drug-likeness (QED) is 0.601. The lowest BCUT2D eigenvalue weighted by molar-refractivity contribution is 0.112. The maximum Gasteiger partial charge on any atom is 0.150 e. The van der Waals surface area contributed by atoms with Crippen molar-refractivity contribution in [1.82, 2.24) is 9.55 Å². The van der Waals surface area contributed by atoms with Crippen LogP contribution in [0.2, 0.25) is 0 Å². The summed E-state index contributed by atoms with van der Waals surface area (Å²) in [6, 6.07) is 7.66. The van der Waals surface area contributed by atoms with Crippen molar-refractivity contribution in [2.45, 2.75) is 11.3 Å². The average Bonchev–Trinajstić information content (AvgIpc) is 2.76. The van der Waals surface area contributed by atoms with E-state index < -0.39 is 0 Å². The number of carbonyl (C=O) groups excluding carboxylic acids is 1. The minimum absolute atomic E-state index is 0.729. The minimum atomic E-state index is 0.729. The van der Waals surface area contributed by atoms with Crippen LogP contribution in [-0.2, 0) is 13.5 Å². The number of carbonyl (C=O) groups is 1. The summed E-state index contributed by atoms with van der Waals surface area (Å²) in [6.07, 6.45) is 5.57.